The van der Waals surface area contributed by atoms with Crippen molar-refractivity contribution in [1.82, 2.24) is 0 Å². The molecule has 0 heterocycles. The van der Waals surface area contributed by atoms with Crippen LogP contribution in [0, 0.1) is 12.7 Å². The lowest BCUT2D eigenvalue weighted by Gasteiger charge is -2.09. The van der Waals surface area contributed by atoms with Crippen LogP contribution in [0.4, 0.5) is 4.39 Å². The van der Waals surface area contributed by atoms with Crippen molar-refractivity contribution >= 4 is 17.9 Å². The van der Waals surface area contributed by atoms with Crippen LogP contribution in [0.3, 0.4) is 0 Å². The number of hydrogen-bond acceptors (Lipinski definition) is 3. The molecule has 1 rings (SSSR count). The maximum Gasteiger partial charge on any atom is 0.144 e. The second-order valence-electron chi connectivity index (χ2n) is 4.26. The first-order valence-electron chi connectivity index (χ1n) is 7.26. The molecule has 0 aliphatic rings. The quantitative estimate of drug-likeness (QED) is 0.787. The Balaban J connectivity index is 0. The lowest BCUT2D eigenvalue weighted by Crippen LogP contribution is -2.20. The highest BCUT2D eigenvalue weighted by Crippen LogP contribution is 2.21. The minimum Gasteiger partial charge on any atom is -0.333 e. The molecule has 122 valence electrons. The molecule has 1 unspecified atom stereocenters. The minimum atomic E-state index is -0.354. The van der Waals surface area contributed by atoms with Crippen molar-refractivity contribution in [3.63, 3.8) is 0 Å². The average molecular weight is 319 g/mol. The SMILES string of the molecule is CC.CN.Cc1cc(CCCC(N)CC=O)cc(Cl)c1F. The number of carbonyl (C=O) groups excluding carboxylic acids is 1. The molecule has 0 saturated carbocycles. The number of hydrogen-bond donors (Lipinski definition) is 2. The van der Waals surface area contributed by atoms with Crippen LogP contribution in [0.1, 0.15) is 44.2 Å². The molecule has 0 spiro atoms. The Labute approximate surface area is 132 Å². The van der Waals surface area contributed by atoms with Crippen molar-refractivity contribution in [3.05, 3.63) is 34.1 Å². The van der Waals surface area contributed by atoms with Gasteiger partial charge in [-0.2, -0.15) is 0 Å². The molecular weight excluding hydrogens is 291 g/mol. The van der Waals surface area contributed by atoms with Gasteiger partial charge in [0.05, 0.1) is 5.02 Å². The van der Waals surface area contributed by atoms with Gasteiger partial charge in [0.2, 0.25) is 0 Å². The zero-order valence-corrected chi connectivity index (χ0v) is 14.2. The molecule has 0 aromatic heterocycles. The van der Waals surface area contributed by atoms with Crippen molar-refractivity contribution in [2.24, 2.45) is 11.5 Å². The van der Waals surface area contributed by atoms with Gasteiger partial charge < -0.3 is 16.3 Å². The van der Waals surface area contributed by atoms with E-state index in [1.807, 2.05) is 13.8 Å². The van der Waals surface area contributed by atoms with Gasteiger partial charge in [0.1, 0.15) is 12.1 Å². The predicted octanol–water partition coefficient (Wildman–Crippen LogP) is 3.63. The van der Waals surface area contributed by atoms with Gasteiger partial charge in [-0.25, -0.2) is 4.39 Å². The van der Waals surface area contributed by atoms with Crippen molar-refractivity contribution in [2.75, 3.05) is 7.05 Å². The standard InChI is InChI=1S/C13H17ClFNO.C2H6.CH5N/c1-9-7-10(8-12(14)13(9)15)3-2-4-11(16)5-6-17;2*1-2/h6-8,11H,2-5,16H2,1H3;1-2H3;2H2,1H3. The predicted molar refractivity (Wildman–Crippen MR) is 89.2 cm³/mol. The maximum atomic E-state index is 13.3. The van der Waals surface area contributed by atoms with E-state index in [0.29, 0.717) is 12.0 Å². The summed E-state index contributed by atoms with van der Waals surface area (Å²) in [4.78, 5) is 10.2. The van der Waals surface area contributed by atoms with E-state index in [4.69, 9.17) is 17.3 Å². The second kappa shape index (κ2) is 14.0. The number of rotatable bonds is 6. The molecule has 0 aliphatic heterocycles. The zero-order chi connectivity index (χ0) is 16.8. The molecule has 0 bridgehead atoms. The van der Waals surface area contributed by atoms with Gasteiger partial charge in [0.25, 0.3) is 0 Å². The fourth-order valence-corrected chi connectivity index (χ4v) is 2.04. The third kappa shape index (κ3) is 9.56. The maximum absolute atomic E-state index is 13.3. The number of aryl methyl sites for hydroxylation is 2. The summed E-state index contributed by atoms with van der Waals surface area (Å²) in [5.41, 5.74) is 11.8. The lowest BCUT2D eigenvalue weighted by molar-refractivity contribution is -0.108. The highest BCUT2D eigenvalue weighted by molar-refractivity contribution is 6.30. The van der Waals surface area contributed by atoms with E-state index in [1.54, 1.807) is 19.1 Å². The zero-order valence-electron chi connectivity index (χ0n) is 13.5. The van der Waals surface area contributed by atoms with Gasteiger partial charge in [-0.15, -0.1) is 0 Å². The van der Waals surface area contributed by atoms with Gasteiger partial charge in [0, 0.05) is 12.5 Å². The average Bonchev–Trinajstić information content (AvgIpc) is 2.49. The van der Waals surface area contributed by atoms with Crippen LogP contribution in [0.15, 0.2) is 12.1 Å². The first-order valence-corrected chi connectivity index (χ1v) is 7.64. The third-order valence-electron chi connectivity index (χ3n) is 2.71. The molecule has 1 aromatic rings. The summed E-state index contributed by atoms with van der Waals surface area (Å²) < 4.78 is 13.3. The Hall–Kier alpha value is -0.970. The third-order valence-corrected chi connectivity index (χ3v) is 2.98. The van der Waals surface area contributed by atoms with Crippen LogP contribution in [-0.4, -0.2) is 19.4 Å². The van der Waals surface area contributed by atoms with Gasteiger partial charge >= 0.3 is 0 Å². The molecule has 1 aromatic carbocycles. The Morgan fingerprint density at radius 2 is 1.90 bits per heavy atom. The topological polar surface area (TPSA) is 69.1 Å². The molecule has 5 heteroatoms. The fraction of sp³-hybridized carbons (Fsp3) is 0.562. The largest absolute Gasteiger partial charge is 0.333 e. The van der Waals surface area contributed by atoms with Gasteiger partial charge in [0.15, 0.2) is 0 Å². The van der Waals surface area contributed by atoms with Crippen molar-refractivity contribution in [3.8, 4) is 0 Å². The van der Waals surface area contributed by atoms with Crippen LogP contribution < -0.4 is 11.5 Å². The van der Waals surface area contributed by atoms with Gasteiger partial charge in [-0.1, -0.05) is 31.5 Å². The van der Waals surface area contributed by atoms with E-state index in [-0.39, 0.29) is 16.9 Å². The summed E-state index contributed by atoms with van der Waals surface area (Å²) in [6, 6.07) is 3.37. The van der Waals surface area contributed by atoms with E-state index in [9.17, 15) is 9.18 Å². The normalized spacial score (nSPS) is 10.7. The van der Waals surface area contributed by atoms with E-state index in [2.05, 4.69) is 5.73 Å². The Morgan fingerprint density at radius 3 is 2.38 bits per heavy atom. The van der Waals surface area contributed by atoms with E-state index in [1.165, 1.54) is 7.05 Å². The molecule has 0 saturated heterocycles. The molecule has 21 heavy (non-hydrogen) atoms. The van der Waals surface area contributed by atoms with Crippen molar-refractivity contribution < 1.29 is 9.18 Å². The van der Waals surface area contributed by atoms with Crippen LogP contribution in [0.2, 0.25) is 5.02 Å². The van der Waals surface area contributed by atoms with E-state index in [0.717, 1.165) is 31.1 Å². The van der Waals surface area contributed by atoms with Gasteiger partial charge in [-0.05, 0) is 50.4 Å². The number of benzene rings is 1. The van der Waals surface area contributed by atoms with Crippen LogP contribution in [-0.2, 0) is 11.2 Å². The number of aldehydes is 1. The van der Waals surface area contributed by atoms with Crippen molar-refractivity contribution in [1.29, 1.82) is 0 Å². The molecule has 0 radical (unpaired) electrons. The molecule has 3 nitrogen and oxygen atoms in total. The summed E-state index contributed by atoms with van der Waals surface area (Å²) in [6.45, 7) is 5.70. The fourth-order valence-electron chi connectivity index (χ4n) is 1.75. The highest BCUT2D eigenvalue weighted by Gasteiger charge is 2.07. The van der Waals surface area contributed by atoms with Crippen molar-refractivity contribution in [2.45, 2.75) is 52.5 Å². The summed E-state index contributed by atoms with van der Waals surface area (Å²) in [7, 11) is 1.50. The van der Waals surface area contributed by atoms with Crippen LogP contribution >= 0.6 is 11.6 Å². The van der Waals surface area contributed by atoms with Gasteiger partial charge in [-0.3, -0.25) is 0 Å². The summed E-state index contributed by atoms with van der Waals surface area (Å²) in [5, 5.41) is 0.164. The molecule has 4 N–H and O–H groups in total. The number of halogens is 2. The Bertz CT molecular complexity index is 377. The number of carbonyl (C=O) groups is 1. The molecular formula is C16H28ClFN2O. The first kappa shape index (κ1) is 22.3. The Morgan fingerprint density at radius 1 is 1.33 bits per heavy atom. The first-order chi connectivity index (χ1) is 10.0. The minimum absolute atomic E-state index is 0.0792. The number of nitrogens with two attached hydrogens (primary N) is 2. The van der Waals surface area contributed by atoms with Crippen LogP contribution in [0.25, 0.3) is 0 Å². The van der Waals surface area contributed by atoms with E-state index < -0.39 is 0 Å². The summed E-state index contributed by atoms with van der Waals surface area (Å²) >= 11 is 5.76. The Kier molecular flexibility index (Phi) is 14.9. The molecule has 1 atom stereocenters. The highest BCUT2D eigenvalue weighted by atomic mass is 35.5. The smallest absolute Gasteiger partial charge is 0.144 e. The second-order valence-corrected chi connectivity index (χ2v) is 4.67. The monoisotopic (exact) mass is 318 g/mol. The summed E-state index contributed by atoms with van der Waals surface area (Å²) in [6.07, 6.45) is 3.68. The van der Waals surface area contributed by atoms with Crippen LogP contribution in [0.5, 0.6) is 0 Å². The molecule has 0 fully saturated rings. The van der Waals surface area contributed by atoms with E-state index >= 15 is 0 Å². The molecule has 0 aliphatic carbocycles. The molecule has 0 amide bonds. The lowest BCUT2D eigenvalue weighted by atomic mass is 10.0. The summed E-state index contributed by atoms with van der Waals surface area (Å²) in [5.74, 6) is -0.354.